The Morgan fingerprint density at radius 3 is 2.45 bits per heavy atom. The Kier molecular flexibility index (Phi) is 9.95. The summed E-state index contributed by atoms with van der Waals surface area (Å²) in [5.74, 6) is 0.167. The zero-order valence-electron chi connectivity index (χ0n) is 12.3. The van der Waals surface area contributed by atoms with E-state index < -0.39 is 6.36 Å². The van der Waals surface area contributed by atoms with E-state index in [-0.39, 0.29) is 29.7 Å². The molecular weight excluding hydrogens is 410 g/mol. The fourth-order valence-corrected chi connectivity index (χ4v) is 1.61. The van der Waals surface area contributed by atoms with Gasteiger partial charge in [0.15, 0.2) is 5.96 Å². The molecule has 0 bridgehead atoms. The van der Waals surface area contributed by atoms with Gasteiger partial charge in [0.1, 0.15) is 5.75 Å². The molecule has 1 aromatic rings. The number of hydrogen-bond acceptors (Lipinski definition) is 2. The molecule has 126 valence electrons. The first kappa shape index (κ1) is 20.8. The van der Waals surface area contributed by atoms with Gasteiger partial charge in [-0.15, -0.1) is 37.1 Å². The van der Waals surface area contributed by atoms with E-state index in [4.69, 9.17) is 5.73 Å². The summed E-state index contributed by atoms with van der Waals surface area (Å²) in [6, 6.07) is 5.77. The molecule has 0 aliphatic heterocycles. The van der Waals surface area contributed by atoms with Crippen LogP contribution >= 0.6 is 24.0 Å². The highest BCUT2D eigenvalue weighted by atomic mass is 127. The number of ether oxygens (including phenoxy) is 1. The average Bonchev–Trinajstić information content (AvgIpc) is 2.39. The summed E-state index contributed by atoms with van der Waals surface area (Å²) < 4.78 is 39.8. The van der Waals surface area contributed by atoms with Crippen LogP contribution in [0.3, 0.4) is 0 Å². The van der Waals surface area contributed by atoms with E-state index in [1.54, 1.807) is 12.1 Å². The van der Waals surface area contributed by atoms with Crippen LogP contribution in [0.5, 0.6) is 5.75 Å². The van der Waals surface area contributed by atoms with Gasteiger partial charge in [-0.25, -0.2) is 0 Å². The SMILES string of the molecule is CCCCN=C(N)NCCc1ccc(OC(F)(F)F)cc1.I. The molecule has 1 aromatic carbocycles. The number of aliphatic imine (C=N–C) groups is 1. The maximum absolute atomic E-state index is 12.0. The molecule has 22 heavy (non-hydrogen) atoms. The smallest absolute Gasteiger partial charge is 0.406 e. The maximum atomic E-state index is 12.0. The summed E-state index contributed by atoms with van der Waals surface area (Å²) in [6.07, 6.45) is -1.98. The predicted octanol–water partition coefficient (Wildman–Crippen LogP) is 3.45. The molecule has 0 amide bonds. The molecule has 0 atom stereocenters. The summed E-state index contributed by atoms with van der Waals surface area (Å²) in [6.45, 7) is 3.34. The van der Waals surface area contributed by atoms with Crippen LogP contribution in [0.2, 0.25) is 0 Å². The number of nitrogens with zero attached hydrogens (tertiary/aromatic N) is 1. The molecule has 0 spiro atoms. The third-order valence-corrected chi connectivity index (χ3v) is 2.67. The van der Waals surface area contributed by atoms with Gasteiger partial charge >= 0.3 is 6.36 Å². The summed E-state index contributed by atoms with van der Waals surface area (Å²) in [5, 5.41) is 2.96. The third-order valence-electron chi connectivity index (χ3n) is 2.67. The highest BCUT2D eigenvalue weighted by Gasteiger charge is 2.30. The van der Waals surface area contributed by atoms with E-state index in [1.807, 2.05) is 0 Å². The molecule has 8 heteroatoms. The van der Waals surface area contributed by atoms with E-state index in [1.165, 1.54) is 12.1 Å². The fraction of sp³-hybridized carbons (Fsp3) is 0.500. The molecule has 0 aliphatic carbocycles. The zero-order valence-corrected chi connectivity index (χ0v) is 14.7. The number of guanidine groups is 1. The maximum Gasteiger partial charge on any atom is 0.573 e. The van der Waals surface area contributed by atoms with Crippen molar-refractivity contribution in [2.24, 2.45) is 10.7 Å². The fourth-order valence-electron chi connectivity index (χ4n) is 1.61. The lowest BCUT2D eigenvalue weighted by atomic mass is 10.1. The molecule has 0 saturated carbocycles. The highest BCUT2D eigenvalue weighted by molar-refractivity contribution is 14.0. The summed E-state index contributed by atoms with van der Waals surface area (Å²) in [4.78, 5) is 4.14. The normalized spacial score (nSPS) is 11.7. The summed E-state index contributed by atoms with van der Waals surface area (Å²) in [7, 11) is 0. The van der Waals surface area contributed by atoms with Gasteiger partial charge in [-0.05, 0) is 30.5 Å². The Morgan fingerprint density at radius 2 is 1.91 bits per heavy atom. The van der Waals surface area contributed by atoms with E-state index in [0.717, 1.165) is 18.4 Å². The van der Waals surface area contributed by atoms with Crippen LogP contribution in [-0.2, 0) is 6.42 Å². The minimum absolute atomic E-state index is 0. The lowest BCUT2D eigenvalue weighted by Gasteiger charge is -2.09. The topological polar surface area (TPSA) is 59.6 Å². The number of benzene rings is 1. The second-order valence-corrected chi connectivity index (χ2v) is 4.49. The molecule has 0 unspecified atom stereocenters. The van der Waals surface area contributed by atoms with Crippen LogP contribution in [-0.4, -0.2) is 25.4 Å². The minimum atomic E-state index is -4.66. The van der Waals surface area contributed by atoms with Crippen molar-refractivity contribution in [2.75, 3.05) is 13.1 Å². The van der Waals surface area contributed by atoms with Crippen LogP contribution in [0.1, 0.15) is 25.3 Å². The number of nitrogens with one attached hydrogen (secondary N) is 1. The predicted molar refractivity (Wildman–Crippen MR) is 91.6 cm³/mol. The van der Waals surface area contributed by atoms with Gasteiger partial charge in [0.25, 0.3) is 0 Å². The third kappa shape index (κ3) is 9.69. The van der Waals surface area contributed by atoms with Crippen molar-refractivity contribution in [3.63, 3.8) is 0 Å². The van der Waals surface area contributed by atoms with Gasteiger partial charge in [-0.1, -0.05) is 25.5 Å². The molecule has 3 N–H and O–H groups in total. The van der Waals surface area contributed by atoms with Crippen molar-refractivity contribution < 1.29 is 17.9 Å². The van der Waals surface area contributed by atoms with Crippen molar-refractivity contribution in [1.82, 2.24) is 5.32 Å². The van der Waals surface area contributed by atoms with Crippen LogP contribution in [0.25, 0.3) is 0 Å². The van der Waals surface area contributed by atoms with Crippen LogP contribution < -0.4 is 15.8 Å². The Hall–Kier alpha value is -1.19. The van der Waals surface area contributed by atoms with E-state index in [0.29, 0.717) is 25.5 Å². The number of nitrogens with two attached hydrogens (primary N) is 1. The molecule has 0 aliphatic rings. The van der Waals surface area contributed by atoms with Crippen LogP contribution in [0, 0.1) is 0 Å². The quantitative estimate of drug-likeness (QED) is 0.301. The minimum Gasteiger partial charge on any atom is -0.406 e. The number of halogens is 4. The van der Waals surface area contributed by atoms with Gasteiger partial charge < -0.3 is 15.8 Å². The molecule has 1 rings (SSSR count). The Morgan fingerprint density at radius 1 is 1.27 bits per heavy atom. The van der Waals surface area contributed by atoms with Crippen LogP contribution in [0.15, 0.2) is 29.3 Å². The van der Waals surface area contributed by atoms with Crippen LogP contribution in [0.4, 0.5) is 13.2 Å². The van der Waals surface area contributed by atoms with Gasteiger partial charge in [-0.3, -0.25) is 4.99 Å². The second kappa shape index (κ2) is 10.5. The monoisotopic (exact) mass is 431 g/mol. The summed E-state index contributed by atoms with van der Waals surface area (Å²) >= 11 is 0. The molecule has 0 heterocycles. The number of alkyl halides is 3. The molecule has 0 saturated heterocycles. The van der Waals surface area contributed by atoms with Crippen molar-refractivity contribution in [1.29, 1.82) is 0 Å². The summed E-state index contributed by atoms with van der Waals surface area (Å²) in [5.41, 5.74) is 6.55. The lowest BCUT2D eigenvalue weighted by molar-refractivity contribution is -0.274. The van der Waals surface area contributed by atoms with Gasteiger partial charge in [0.2, 0.25) is 0 Å². The van der Waals surface area contributed by atoms with Crippen molar-refractivity contribution in [3.8, 4) is 5.75 Å². The largest absolute Gasteiger partial charge is 0.573 e. The van der Waals surface area contributed by atoms with E-state index in [9.17, 15) is 13.2 Å². The Bertz CT molecular complexity index is 450. The Balaban J connectivity index is 0.00000441. The van der Waals surface area contributed by atoms with Crippen molar-refractivity contribution >= 4 is 29.9 Å². The lowest BCUT2D eigenvalue weighted by Crippen LogP contribution is -2.33. The second-order valence-electron chi connectivity index (χ2n) is 4.49. The number of unbranched alkanes of at least 4 members (excludes halogenated alkanes) is 1. The van der Waals surface area contributed by atoms with E-state index >= 15 is 0 Å². The van der Waals surface area contributed by atoms with Crippen molar-refractivity contribution in [2.45, 2.75) is 32.5 Å². The number of hydrogen-bond donors (Lipinski definition) is 2. The first-order valence-electron chi connectivity index (χ1n) is 6.79. The molecule has 0 radical (unpaired) electrons. The van der Waals surface area contributed by atoms with Gasteiger partial charge in [0, 0.05) is 13.1 Å². The molecule has 0 fully saturated rings. The first-order chi connectivity index (χ1) is 9.90. The molecular formula is C14H21F3IN3O. The molecule has 0 aromatic heterocycles. The average molecular weight is 431 g/mol. The number of rotatable bonds is 7. The molecule has 4 nitrogen and oxygen atoms in total. The Labute approximate surface area is 145 Å². The van der Waals surface area contributed by atoms with Crippen molar-refractivity contribution in [3.05, 3.63) is 29.8 Å². The zero-order chi connectivity index (χ0) is 15.7. The first-order valence-corrected chi connectivity index (χ1v) is 6.79. The van der Waals surface area contributed by atoms with Gasteiger partial charge in [0.05, 0.1) is 0 Å². The van der Waals surface area contributed by atoms with Gasteiger partial charge in [-0.2, -0.15) is 0 Å². The van der Waals surface area contributed by atoms with E-state index in [2.05, 4.69) is 22.0 Å². The highest BCUT2D eigenvalue weighted by Crippen LogP contribution is 2.22. The standard InChI is InChI=1S/C14H20F3N3O.HI/c1-2-3-9-19-13(18)20-10-8-11-4-6-12(7-5-11)21-14(15,16)17;/h4-7H,2-3,8-10H2,1H3,(H3,18,19,20);1H.